The average molecular weight is 226 g/mol. The summed E-state index contributed by atoms with van der Waals surface area (Å²) in [4.78, 5) is 23.6. The van der Waals surface area contributed by atoms with Gasteiger partial charge in [-0.15, -0.1) is 0 Å². The van der Waals surface area contributed by atoms with Crippen LogP contribution in [-0.2, 0) is 4.79 Å². The maximum Gasteiger partial charge on any atom is 0.317 e. The Kier molecular flexibility index (Phi) is 3.03. The van der Waals surface area contributed by atoms with Crippen LogP contribution in [0.4, 0.5) is 4.79 Å². The van der Waals surface area contributed by atoms with E-state index in [0.29, 0.717) is 5.41 Å². The highest BCUT2D eigenvalue weighted by molar-refractivity contribution is 5.76. The van der Waals surface area contributed by atoms with Crippen molar-refractivity contribution in [2.75, 3.05) is 19.6 Å². The molecule has 0 unspecified atom stereocenters. The summed E-state index contributed by atoms with van der Waals surface area (Å²) in [5, 5.41) is 11.1. The summed E-state index contributed by atoms with van der Waals surface area (Å²) >= 11 is 0. The summed E-state index contributed by atoms with van der Waals surface area (Å²) in [6.45, 7) is 1.93. The van der Waals surface area contributed by atoms with Crippen LogP contribution in [-0.4, -0.2) is 41.6 Å². The molecule has 5 nitrogen and oxygen atoms in total. The lowest BCUT2D eigenvalue weighted by Crippen LogP contribution is -2.59. The number of carboxylic acid groups (broad SMARTS) is 1. The molecule has 0 radical (unpaired) electrons. The molecular weight excluding hydrogens is 208 g/mol. The zero-order valence-corrected chi connectivity index (χ0v) is 9.37. The molecule has 0 aromatic heterocycles. The minimum Gasteiger partial charge on any atom is -0.481 e. The Hall–Kier alpha value is -1.26. The number of carbonyl (C=O) groups is 2. The number of carboxylic acids is 1. The number of rotatable bonds is 3. The van der Waals surface area contributed by atoms with E-state index in [1.165, 1.54) is 25.7 Å². The molecule has 1 saturated heterocycles. The average Bonchev–Trinajstić information content (AvgIpc) is 2.63. The fourth-order valence-electron chi connectivity index (χ4n) is 2.74. The molecule has 2 amide bonds. The number of carbonyl (C=O) groups excluding carboxylic acids is 1. The standard InChI is InChI=1S/C11H18N2O3/c14-9(15)3-6-12-10(16)13-7-11(8-13)4-1-2-5-11/h1-8H2,(H,12,16)(H,14,15). The van der Waals surface area contributed by atoms with E-state index in [4.69, 9.17) is 5.11 Å². The lowest BCUT2D eigenvalue weighted by molar-refractivity contribution is -0.136. The van der Waals surface area contributed by atoms with E-state index >= 15 is 0 Å². The van der Waals surface area contributed by atoms with Crippen LogP contribution in [0.15, 0.2) is 0 Å². The predicted molar refractivity (Wildman–Crippen MR) is 58.1 cm³/mol. The van der Waals surface area contributed by atoms with Gasteiger partial charge in [0.05, 0.1) is 6.42 Å². The second-order valence-corrected chi connectivity index (χ2v) is 4.94. The van der Waals surface area contributed by atoms with Crippen molar-refractivity contribution in [1.82, 2.24) is 10.2 Å². The van der Waals surface area contributed by atoms with Gasteiger partial charge in [0.2, 0.25) is 0 Å². The van der Waals surface area contributed by atoms with Gasteiger partial charge in [0, 0.05) is 25.0 Å². The Bertz CT molecular complexity index is 290. The fourth-order valence-corrected chi connectivity index (χ4v) is 2.74. The van der Waals surface area contributed by atoms with Gasteiger partial charge in [-0.1, -0.05) is 12.8 Å². The molecule has 2 rings (SSSR count). The number of aliphatic carboxylic acids is 1. The number of nitrogens with one attached hydrogen (secondary N) is 1. The van der Waals surface area contributed by atoms with E-state index in [1.807, 2.05) is 0 Å². The van der Waals surface area contributed by atoms with Gasteiger partial charge in [0.1, 0.15) is 0 Å². The lowest BCUT2D eigenvalue weighted by Gasteiger charge is -2.48. The van der Waals surface area contributed by atoms with Crippen molar-refractivity contribution in [3.8, 4) is 0 Å². The van der Waals surface area contributed by atoms with Gasteiger partial charge < -0.3 is 15.3 Å². The lowest BCUT2D eigenvalue weighted by atomic mass is 9.78. The number of amides is 2. The molecule has 0 bridgehead atoms. The summed E-state index contributed by atoms with van der Waals surface area (Å²) in [6.07, 6.45) is 5.05. The van der Waals surface area contributed by atoms with Crippen molar-refractivity contribution >= 4 is 12.0 Å². The minimum absolute atomic E-state index is 0.00920. The second kappa shape index (κ2) is 4.31. The van der Waals surface area contributed by atoms with Crippen molar-refractivity contribution < 1.29 is 14.7 Å². The summed E-state index contributed by atoms with van der Waals surface area (Å²) in [5.41, 5.74) is 0.407. The first-order valence-corrected chi connectivity index (χ1v) is 5.86. The molecule has 2 aliphatic rings. The topological polar surface area (TPSA) is 69.6 Å². The van der Waals surface area contributed by atoms with E-state index in [9.17, 15) is 9.59 Å². The largest absolute Gasteiger partial charge is 0.481 e. The molecule has 1 aliphatic heterocycles. The molecular formula is C11H18N2O3. The van der Waals surface area contributed by atoms with Crippen LogP contribution < -0.4 is 5.32 Å². The monoisotopic (exact) mass is 226 g/mol. The third kappa shape index (κ3) is 2.28. The number of urea groups is 1. The Labute approximate surface area is 94.8 Å². The summed E-state index contributed by atoms with van der Waals surface area (Å²) < 4.78 is 0. The van der Waals surface area contributed by atoms with E-state index < -0.39 is 5.97 Å². The van der Waals surface area contributed by atoms with Crippen molar-refractivity contribution in [2.24, 2.45) is 5.41 Å². The number of hydrogen-bond donors (Lipinski definition) is 2. The highest BCUT2D eigenvalue weighted by atomic mass is 16.4. The molecule has 90 valence electrons. The molecule has 0 aromatic carbocycles. The highest BCUT2D eigenvalue weighted by Gasteiger charge is 2.46. The summed E-state index contributed by atoms with van der Waals surface area (Å²) in [6, 6.07) is -0.112. The van der Waals surface area contributed by atoms with Crippen LogP contribution in [0.5, 0.6) is 0 Å². The van der Waals surface area contributed by atoms with Crippen LogP contribution in [0.2, 0.25) is 0 Å². The van der Waals surface area contributed by atoms with Crippen LogP contribution in [0.1, 0.15) is 32.1 Å². The van der Waals surface area contributed by atoms with Crippen LogP contribution in [0, 0.1) is 5.41 Å². The molecule has 0 aromatic rings. The maximum atomic E-state index is 11.6. The van der Waals surface area contributed by atoms with Gasteiger partial charge in [-0.2, -0.15) is 0 Å². The minimum atomic E-state index is -0.879. The molecule has 1 spiro atoms. The second-order valence-electron chi connectivity index (χ2n) is 4.94. The highest BCUT2D eigenvalue weighted by Crippen LogP contribution is 2.45. The smallest absolute Gasteiger partial charge is 0.317 e. The van der Waals surface area contributed by atoms with Crippen LogP contribution in [0.3, 0.4) is 0 Å². The number of nitrogens with zero attached hydrogens (tertiary/aromatic N) is 1. The molecule has 2 N–H and O–H groups in total. The van der Waals surface area contributed by atoms with Gasteiger partial charge in [0.15, 0.2) is 0 Å². The van der Waals surface area contributed by atoms with Gasteiger partial charge in [0.25, 0.3) is 0 Å². The van der Waals surface area contributed by atoms with Crippen molar-refractivity contribution in [3.05, 3.63) is 0 Å². The first-order valence-electron chi connectivity index (χ1n) is 5.86. The summed E-state index contributed by atoms with van der Waals surface area (Å²) in [5.74, 6) is -0.879. The Balaban J connectivity index is 1.67. The maximum absolute atomic E-state index is 11.6. The normalized spacial score (nSPS) is 21.9. The van der Waals surface area contributed by atoms with E-state index in [1.54, 1.807) is 4.90 Å². The first-order chi connectivity index (χ1) is 7.61. The fraction of sp³-hybridized carbons (Fsp3) is 0.818. The van der Waals surface area contributed by atoms with Gasteiger partial charge >= 0.3 is 12.0 Å². The van der Waals surface area contributed by atoms with Crippen LogP contribution in [0.25, 0.3) is 0 Å². The van der Waals surface area contributed by atoms with E-state index in [0.717, 1.165) is 13.1 Å². The number of likely N-dealkylation sites (tertiary alicyclic amines) is 1. The van der Waals surface area contributed by atoms with Gasteiger partial charge in [-0.25, -0.2) is 4.79 Å². The molecule has 5 heteroatoms. The van der Waals surface area contributed by atoms with Crippen molar-refractivity contribution in [3.63, 3.8) is 0 Å². The Morgan fingerprint density at radius 3 is 2.44 bits per heavy atom. The van der Waals surface area contributed by atoms with E-state index in [-0.39, 0.29) is 19.0 Å². The van der Waals surface area contributed by atoms with Gasteiger partial charge in [-0.05, 0) is 12.8 Å². The Morgan fingerprint density at radius 2 is 1.88 bits per heavy atom. The summed E-state index contributed by atoms with van der Waals surface area (Å²) in [7, 11) is 0. The quantitative estimate of drug-likeness (QED) is 0.755. The zero-order chi connectivity index (χ0) is 11.6. The zero-order valence-electron chi connectivity index (χ0n) is 9.37. The third-order valence-corrected chi connectivity index (χ3v) is 3.62. The third-order valence-electron chi connectivity index (χ3n) is 3.62. The molecule has 16 heavy (non-hydrogen) atoms. The van der Waals surface area contributed by atoms with Crippen molar-refractivity contribution in [1.29, 1.82) is 0 Å². The molecule has 1 heterocycles. The Morgan fingerprint density at radius 1 is 1.25 bits per heavy atom. The first kappa shape index (κ1) is 11.2. The van der Waals surface area contributed by atoms with Crippen LogP contribution >= 0.6 is 0 Å². The van der Waals surface area contributed by atoms with E-state index in [2.05, 4.69) is 5.32 Å². The molecule has 1 saturated carbocycles. The molecule has 0 atom stereocenters. The molecule has 1 aliphatic carbocycles. The predicted octanol–water partition coefficient (Wildman–Crippen LogP) is 1.05. The van der Waals surface area contributed by atoms with Crippen molar-refractivity contribution in [2.45, 2.75) is 32.1 Å². The molecule has 2 fully saturated rings. The van der Waals surface area contributed by atoms with Gasteiger partial charge in [-0.3, -0.25) is 4.79 Å². The number of hydrogen-bond acceptors (Lipinski definition) is 2. The SMILES string of the molecule is O=C(O)CCNC(=O)N1CC2(CCCC2)C1.